The van der Waals surface area contributed by atoms with Crippen molar-refractivity contribution < 1.29 is 4.63 Å². The summed E-state index contributed by atoms with van der Waals surface area (Å²) in [5, 5.41) is 17.4. The van der Waals surface area contributed by atoms with Crippen molar-refractivity contribution in [3.8, 4) is 17.2 Å². The molecular formula is C8H8N8OS. The van der Waals surface area contributed by atoms with Gasteiger partial charge in [-0.15, -0.1) is 16.4 Å². The first kappa shape index (κ1) is 10.7. The Balaban J connectivity index is 2.11. The number of hydrogen-bond donors (Lipinski definition) is 2. The highest BCUT2D eigenvalue weighted by atomic mass is 32.1. The average molecular weight is 264 g/mol. The topological polar surface area (TPSA) is 135 Å². The summed E-state index contributed by atoms with van der Waals surface area (Å²) in [5.74, 6) is 0.446. The molecule has 0 spiro atoms. The van der Waals surface area contributed by atoms with Gasteiger partial charge in [0.25, 0.3) is 0 Å². The van der Waals surface area contributed by atoms with Gasteiger partial charge in [-0.2, -0.15) is 4.68 Å². The minimum absolute atomic E-state index is 0.146. The summed E-state index contributed by atoms with van der Waals surface area (Å²) in [5.41, 5.74) is 13.2. The van der Waals surface area contributed by atoms with E-state index in [0.717, 1.165) is 5.69 Å². The third-order valence-corrected chi connectivity index (χ3v) is 3.03. The molecule has 0 aliphatic rings. The van der Waals surface area contributed by atoms with E-state index in [1.165, 1.54) is 16.0 Å². The summed E-state index contributed by atoms with van der Waals surface area (Å²) < 4.78 is 5.97. The third kappa shape index (κ3) is 1.50. The van der Waals surface area contributed by atoms with E-state index in [1.807, 2.05) is 6.92 Å². The van der Waals surface area contributed by atoms with Gasteiger partial charge in [0.05, 0.1) is 5.69 Å². The predicted octanol–water partition coefficient (Wildman–Crippen LogP) is 0.247. The van der Waals surface area contributed by atoms with E-state index in [1.54, 1.807) is 5.38 Å². The molecule has 0 aliphatic carbocycles. The van der Waals surface area contributed by atoms with Gasteiger partial charge in [-0.3, -0.25) is 0 Å². The molecule has 0 bridgehead atoms. The van der Waals surface area contributed by atoms with Gasteiger partial charge in [-0.1, -0.05) is 5.21 Å². The first-order chi connectivity index (χ1) is 8.66. The summed E-state index contributed by atoms with van der Waals surface area (Å²) in [6, 6.07) is 0. The van der Waals surface area contributed by atoms with Crippen molar-refractivity contribution in [3.63, 3.8) is 0 Å². The lowest BCUT2D eigenvalue weighted by atomic mass is 10.3. The highest BCUT2D eigenvalue weighted by molar-refractivity contribution is 7.13. The van der Waals surface area contributed by atoms with Crippen LogP contribution in [-0.4, -0.2) is 30.3 Å². The molecule has 0 aliphatic heterocycles. The Labute approximate surface area is 104 Å². The largest absolute Gasteiger partial charge is 0.378 e. The molecule has 0 saturated carbocycles. The van der Waals surface area contributed by atoms with Crippen LogP contribution in [0.5, 0.6) is 0 Å². The van der Waals surface area contributed by atoms with Gasteiger partial charge in [0, 0.05) is 5.38 Å². The third-order valence-electron chi connectivity index (χ3n) is 2.36. The summed E-state index contributed by atoms with van der Waals surface area (Å²) in [6.45, 7) is 1.82. The number of thiazole rings is 1. The maximum Gasteiger partial charge on any atom is 0.243 e. The molecule has 3 rings (SSSR count). The lowest BCUT2D eigenvalue weighted by Crippen LogP contribution is -2.03. The van der Waals surface area contributed by atoms with Crippen LogP contribution in [0.1, 0.15) is 5.69 Å². The monoisotopic (exact) mass is 264 g/mol. The molecule has 3 aromatic heterocycles. The van der Waals surface area contributed by atoms with Crippen molar-refractivity contribution in [2.45, 2.75) is 6.92 Å². The Morgan fingerprint density at radius 3 is 2.78 bits per heavy atom. The fraction of sp³-hybridized carbons (Fsp3) is 0.125. The van der Waals surface area contributed by atoms with Gasteiger partial charge >= 0.3 is 0 Å². The van der Waals surface area contributed by atoms with E-state index in [9.17, 15) is 0 Å². The number of nitrogens with two attached hydrogens (primary N) is 2. The Morgan fingerprint density at radius 2 is 2.17 bits per heavy atom. The molecule has 0 radical (unpaired) electrons. The highest BCUT2D eigenvalue weighted by Gasteiger charge is 2.18. The van der Waals surface area contributed by atoms with Gasteiger partial charge in [0.15, 0.2) is 5.13 Å². The van der Waals surface area contributed by atoms with Gasteiger partial charge in [0.2, 0.25) is 11.6 Å². The van der Waals surface area contributed by atoms with Gasteiger partial charge in [0.1, 0.15) is 11.4 Å². The lowest BCUT2D eigenvalue weighted by molar-refractivity contribution is 0.306. The number of anilines is 2. The second-order valence-corrected chi connectivity index (χ2v) is 4.37. The summed E-state index contributed by atoms with van der Waals surface area (Å²) in [7, 11) is 0. The van der Waals surface area contributed by atoms with E-state index in [-0.39, 0.29) is 5.82 Å². The molecule has 10 heteroatoms. The normalized spacial score (nSPS) is 10.9. The van der Waals surface area contributed by atoms with Crippen molar-refractivity contribution in [3.05, 3.63) is 11.1 Å². The van der Waals surface area contributed by atoms with Crippen LogP contribution in [-0.2, 0) is 0 Å². The van der Waals surface area contributed by atoms with Crippen molar-refractivity contribution in [2.24, 2.45) is 0 Å². The van der Waals surface area contributed by atoms with E-state index in [0.29, 0.717) is 22.3 Å². The zero-order valence-electron chi connectivity index (χ0n) is 9.23. The minimum Gasteiger partial charge on any atom is -0.378 e. The zero-order valence-corrected chi connectivity index (χ0v) is 10.0. The predicted molar refractivity (Wildman–Crippen MR) is 63.9 cm³/mol. The number of nitrogen functional groups attached to an aromatic ring is 2. The quantitative estimate of drug-likeness (QED) is 0.672. The van der Waals surface area contributed by atoms with E-state index in [2.05, 4.69) is 30.2 Å². The fourth-order valence-corrected chi connectivity index (χ4v) is 2.05. The first-order valence-corrected chi connectivity index (χ1v) is 5.77. The van der Waals surface area contributed by atoms with Crippen molar-refractivity contribution in [2.75, 3.05) is 11.5 Å². The maximum atomic E-state index is 5.60. The molecule has 18 heavy (non-hydrogen) atoms. The number of nitrogens with zero attached hydrogens (tertiary/aromatic N) is 6. The Kier molecular flexibility index (Phi) is 2.23. The number of hydrogen-bond acceptors (Lipinski definition) is 9. The highest BCUT2D eigenvalue weighted by Crippen LogP contribution is 2.25. The number of aromatic nitrogens is 6. The maximum absolute atomic E-state index is 5.60. The zero-order chi connectivity index (χ0) is 12.7. The number of rotatable bonds is 2. The van der Waals surface area contributed by atoms with Crippen LogP contribution in [0.25, 0.3) is 17.2 Å². The Morgan fingerprint density at radius 1 is 1.33 bits per heavy atom. The van der Waals surface area contributed by atoms with Crippen LogP contribution in [0.4, 0.5) is 10.9 Å². The molecule has 3 aromatic rings. The van der Waals surface area contributed by atoms with Gasteiger partial charge < -0.3 is 11.5 Å². The second-order valence-electron chi connectivity index (χ2n) is 3.48. The molecule has 0 fully saturated rings. The minimum atomic E-state index is 0.146. The molecule has 0 amide bonds. The van der Waals surface area contributed by atoms with Crippen LogP contribution < -0.4 is 11.5 Å². The Bertz CT molecular complexity index is 698. The SMILES string of the molecule is Cc1c(-c2csc(N)n2)nnn1-c1nonc1N. The molecule has 3 heterocycles. The van der Waals surface area contributed by atoms with Crippen molar-refractivity contribution in [1.82, 2.24) is 30.3 Å². The molecular weight excluding hydrogens is 256 g/mol. The van der Waals surface area contributed by atoms with Crippen molar-refractivity contribution >= 4 is 22.3 Å². The second kappa shape index (κ2) is 3.77. The smallest absolute Gasteiger partial charge is 0.243 e. The fourth-order valence-electron chi connectivity index (χ4n) is 1.50. The lowest BCUT2D eigenvalue weighted by Gasteiger charge is -1.97. The van der Waals surface area contributed by atoms with Crippen LogP contribution in [0.15, 0.2) is 10.0 Å². The van der Waals surface area contributed by atoms with E-state index >= 15 is 0 Å². The van der Waals surface area contributed by atoms with Gasteiger partial charge in [-0.25, -0.2) is 9.61 Å². The van der Waals surface area contributed by atoms with Crippen LogP contribution in [0, 0.1) is 6.92 Å². The average Bonchev–Trinajstić information content (AvgIpc) is 3.00. The first-order valence-electron chi connectivity index (χ1n) is 4.89. The summed E-state index contributed by atoms with van der Waals surface area (Å²) >= 11 is 1.34. The van der Waals surface area contributed by atoms with Gasteiger partial charge in [-0.05, 0) is 17.2 Å². The Hall–Kier alpha value is -2.49. The van der Waals surface area contributed by atoms with Crippen LogP contribution >= 0.6 is 11.3 Å². The standard InChI is InChI=1S/C8H8N8OS/c1-3-5(4-2-18-8(10)11-4)12-15-16(3)7-6(9)13-17-14-7/h2H,1H3,(H2,9,13)(H2,10,11). The molecule has 4 N–H and O–H groups in total. The van der Waals surface area contributed by atoms with E-state index < -0.39 is 0 Å². The molecule has 0 saturated heterocycles. The summed E-state index contributed by atoms with van der Waals surface area (Å²) in [6.07, 6.45) is 0. The summed E-state index contributed by atoms with van der Waals surface area (Å²) in [4.78, 5) is 4.15. The van der Waals surface area contributed by atoms with Crippen molar-refractivity contribution in [1.29, 1.82) is 0 Å². The van der Waals surface area contributed by atoms with E-state index in [4.69, 9.17) is 11.5 Å². The molecule has 0 aromatic carbocycles. The molecule has 0 unspecified atom stereocenters. The van der Waals surface area contributed by atoms with Crippen LogP contribution in [0.2, 0.25) is 0 Å². The molecule has 0 atom stereocenters. The molecule has 9 nitrogen and oxygen atoms in total. The molecule has 92 valence electrons. The van der Waals surface area contributed by atoms with Crippen LogP contribution in [0.3, 0.4) is 0 Å².